The molecule has 0 bridgehead atoms. The van der Waals surface area contributed by atoms with Crippen LogP contribution in [0.15, 0.2) is 6.20 Å². The Kier molecular flexibility index (Phi) is 9.94. The summed E-state index contributed by atoms with van der Waals surface area (Å²) in [4.78, 5) is 24.5. The van der Waals surface area contributed by atoms with Gasteiger partial charge >= 0.3 is 0 Å². The van der Waals surface area contributed by atoms with Gasteiger partial charge in [-0.05, 0) is 45.1 Å². The molecule has 0 aromatic carbocycles. The number of carbonyl (C=O) groups excluding carboxylic acids is 1. The van der Waals surface area contributed by atoms with Gasteiger partial charge in [-0.1, -0.05) is 39.0 Å². The number of hydrogen-bond donors (Lipinski definition) is 1. The Bertz CT molecular complexity index is 785. The normalized spacial score (nSPS) is 17.5. The first kappa shape index (κ1) is 24.3. The first-order valence-corrected chi connectivity index (χ1v) is 13.6. The number of rotatable bonds is 7. The lowest BCUT2D eigenvalue weighted by Gasteiger charge is -2.26. The number of carbonyl (C=O) groups is 1. The standard InChI is InChI=1S/C18H30N2S.C6H8N2OS/c1-2-6-18-19-16-10-13-20(14-11-17(16)21-18)12-9-15-7-4-3-5-8-15;1-4-8-3-5(10-4)2-6(7)9/h15H,2-14H2,1H3;3H,2H2,1H3,(H2,7,9). The summed E-state index contributed by atoms with van der Waals surface area (Å²) in [5.74, 6) is 0.717. The molecule has 2 aromatic heterocycles. The van der Waals surface area contributed by atoms with Crippen LogP contribution in [-0.2, 0) is 30.5 Å². The SMILES string of the molecule is CCCc1nc2c(s1)CCN(CCC1CCCCC1)CC2.Cc1ncc(CC(N)=O)s1. The molecule has 4 rings (SSSR count). The van der Waals surface area contributed by atoms with Gasteiger partial charge < -0.3 is 10.6 Å². The smallest absolute Gasteiger partial charge is 0.222 e. The molecule has 3 heterocycles. The molecule has 0 saturated heterocycles. The van der Waals surface area contributed by atoms with Crippen molar-refractivity contribution >= 4 is 28.6 Å². The molecule has 2 aliphatic rings. The fourth-order valence-electron chi connectivity index (χ4n) is 4.51. The zero-order valence-corrected chi connectivity index (χ0v) is 20.8. The summed E-state index contributed by atoms with van der Waals surface area (Å²) in [6.07, 6.45) is 15.7. The number of nitrogens with two attached hydrogens (primary N) is 1. The quantitative estimate of drug-likeness (QED) is 0.632. The van der Waals surface area contributed by atoms with E-state index in [2.05, 4.69) is 16.8 Å². The maximum Gasteiger partial charge on any atom is 0.222 e. The average Bonchev–Trinajstić information content (AvgIpc) is 3.28. The second kappa shape index (κ2) is 12.7. The van der Waals surface area contributed by atoms with Crippen molar-refractivity contribution in [3.63, 3.8) is 0 Å². The number of fused-ring (bicyclic) bond motifs is 1. The second-order valence-electron chi connectivity index (χ2n) is 8.85. The van der Waals surface area contributed by atoms with Gasteiger partial charge in [0.15, 0.2) is 0 Å². The van der Waals surface area contributed by atoms with E-state index >= 15 is 0 Å². The number of aromatic nitrogens is 2. The van der Waals surface area contributed by atoms with Crippen molar-refractivity contribution in [3.8, 4) is 0 Å². The molecule has 5 nitrogen and oxygen atoms in total. The topological polar surface area (TPSA) is 72.1 Å². The molecule has 0 radical (unpaired) electrons. The van der Waals surface area contributed by atoms with Gasteiger partial charge in [0.2, 0.25) is 5.91 Å². The minimum atomic E-state index is -0.302. The fourth-order valence-corrected chi connectivity index (χ4v) is 6.52. The number of hydrogen-bond acceptors (Lipinski definition) is 6. The van der Waals surface area contributed by atoms with Crippen molar-refractivity contribution in [2.45, 2.75) is 84.5 Å². The van der Waals surface area contributed by atoms with Crippen LogP contribution in [0.1, 0.15) is 77.3 Å². The Morgan fingerprint density at radius 2 is 1.97 bits per heavy atom. The monoisotopic (exact) mass is 462 g/mol. The summed E-state index contributed by atoms with van der Waals surface area (Å²) in [5, 5.41) is 2.34. The van der Waals surface area contributed by atoms with Gasteiger partial charge in [0.05, 0.1) is 22.1 Å². The molecule has 172 valence electrons. The molecule has 2 aromatic rings. The molecule has 0 spiro atoms. The van der Waals surface area contributed by atoms with E-state index in [1.54, 1.807) is 11.1 Å². The molecule has 1 aliphatic heterocycles. The summed E-state index contributed by atoms with van der Waals surface area (Å²) in [7, 11) is 0. The summed E-state index contributed by atoms with van der Waals surface area (Å²) in [6, 6.07) is 0. The Morgan fingerprint density at radius 1 is 1.19 bits per heavy atom. The number of nitrogens with zero attached hydrogens (tertiary/aromatic N) is 3. The lowest BCUT2D eigenvalue weighted by atomic mass is 9.87. The van der Waals surface area contributed by atoms with Gasteiger partial charge in [-0.3, -0.25) is 4.79 Å². The van der Waals surface area contributed by atoms with Crippen LogP contribution >= 0.6 is 22.7 Å². The molecule has 1 aliphatic carbocycles. The highest BCUT2D eigenvalue weighted by Gasteiger charge is 2.19. The molecule has 1 saturated carbocycles. The largest absolute Gasteiger partial charge is 0.369 e. The highest BCUT2D eigenvalue weighted by molar-refractivity contribution is 7.12. The van der Waals surface area contributed by atoms with Crippen molar-refractivity contribution in [1.82, 2.24) is 14.9 Å². The zero-order valence-electron chi connectivity index (χ0n) is 19.2. The molecule has 1 fully saturated rings. The van der Waals surface area contributed by atoms with E-state index in [9.17, 15) is 4.79 Å². The molecule has 2 N–H and O–H groups in total. The van der Waals surface area contributed by atoms with Crippen molar-refractivity contribution in [2.24, 2.45) is 11.7 Å². The van der Waals surface area contributed by atoms with E-state index in [4.69, 9.17) is 10.7 Å². The van der Waals surface area contributed by atoms with Crippen LogP contribution in [0.25, 0.3) is 0 Å². The average molecular weight is 463 g/mol. The van der Waals surface area contributed by atoms with Gasteiger partial charge in [-0.2, -0.15) is 0 Å². The van der Waals surface area contributed by atoms with E-state index in [1.165, 1.54) is 106 Å². The van der Waals surface area contributed by atoms with Crippen LogP contribution in [-0.4, -0.2) is 40.4 Å². The third kappa shape index (κ3) is 8.28. The maximum absolute atomic E-state index is 10.4. The fraction of sp³-hybridized carbons (Fsp3) is 0.708. The van der Waals surface area contributed by atoms with Crippen LogP contribution in [0, 0.1) is 12.8 Å². The number of aryl methyl sites for hydroxylation is 2. The first-order valence-electron chi connectivity index (χ1n) is 11.9. The van der Waals surface area contributed by atoms with Gasteiger partial charge in [-0.25, -0.2) is 9.97 Å². The van der Waals surface area contributed by atoms with E-state index in [1.807, 2.05) is 18.3 Å². The van der Waals surface area contributed by atoms with E-state index in [0.29, 0.717) is 6.42 Å². The minimum Gasteiger partial charge on any atom is -0.369 e. The minimum absolute atomic E-state index is 0.302. The Balaban J connectivity index is 0.000000229. The summed E-state index contributed by atoms with van der Waals surface area (Å²) >= 11 is 3.49. The maximum atomic E-state index is 10.4. The van der Waals surface area contributed by atoms with Crippen LogP contribution in [0.5, 0.6) is 0 Å². The van der Waals surface area contributed by atoms with Crippen LogP contribution < -0.4 is 5.73 Å². The molecular weight excluding hydrogens is 424 g/mol. The number of amides is 1. The molecule has 1 amide bonds. The van der Waals surface area contributed by atoms with Crippen LogP contribution in [0.2, 0.25) is 0 Å². The Hall–Kier alpha value is -1.31. The van der Waals surface area contributed by atoms with Gasteiger partial charge in [-0.15, -0.1) is 22.7 Å². The van der Waals surface area contributed by atoms with Gasteiger partial charge in [0, 0.05) is 35.5 Å². The molecule has 0 unspecified atom stereocenters. The van der Waals surface area contributed by atoms with Gasteiger partial charge in [0.25, 0.3) is 0 Å². The third-order valence-corrected chi connectivity index (χ3v) is 8.33. The lowest BCUT2D eigenvalue weighted by Crippen LogP contribution is -2.29. The van der Waals surface area contributed by atoms with Crippen molar-refractivity contribution in [3.05, 3.63) is 31.7 Å². The van der Waals surface area contributed by atoms with E-state index in [-0.39, 0.29) is 5.91 Å². The van der Waals surface area contributed by atoms with Gasteiger partial charge in [0.1, 0.15) is 0 Å². The molecule has 0 atom stereocenters. The molecule has 7 heteroatoms. The second-order valence-corrected chi connectivity index (χ2v) is 11.3. The highest BCUT2D eigenvalue weighted by atomic mass is 32.1. The first-order chi connectivity index (χ1) is 15.0. The summed E-state index contributed by atoms with van der Waals surface area (Å²) in [6.45, 7) is 7.96. The van der Waals surface area contributed by atoms with Crippen LogP contribution in [0.4, 0.5) is 0 Å². The van der Waals surface area contributed by atoms with Crippen LogP contribution in [0.3, 0.4) is 0 Å². The van der Waals surface area contributed by atoms with E-state index < -0.39 is 0 Å². The number of primary amides is 1. The van der Waals surface area contributed by atoms with Crippen molar-refractivity contribution < 1.29 is 4.79 Å². The number of thiazole rings is 2. The molecule has 31 heavy (non-hydrogen) atoms. The Morgan fingerprint density at radius 3 is 2.65 bits per heavy atom. The Labute approximate surface area is 195 Å². The molecular formula is C24H38N4OS2. The van der Waals surface area contributed by atoms with Crippen molar-refractivity contribution in [2.75, 3.05) is 19.6 Å². The lowest BCUT2D eigenvalue weighted by molar-refractivity contribution is -0.117. The predicted octanol–water partition coefficient (Wildman–Crippen LogP) is 4.95. The summed E-state index contributed by atoms with van der Waals surface area (Å²) in [5.41, 5.74) is 6.39. The highest BCUT2D eigenvalue weighted by Crippen LogP contribution is 2.28. The third-order valence-electron chi connectivity index (χ3n) is 6.20. The predicted molar refractivity (Wildman–Crippen MR) is 131 cm³/mol. The van der Waals surface area contributed by atoms with Crippen molar-refractivity contribution in [1.29, 1.82) is 0 Å². The summed E-state index contributed by atoms with van der Waals surface area (Å²) < 4.78 is 0. The zero-order chi connectivity index (χ0) is 22.1. The van der Waals surface area contributed by atoms with E-state index in [0.717, 1.165) is 15.8 Å².